The van der Waals surface area contributed by atoms with Crippen molar-refractivity contribution in [2.45, 2.75) is 0 Å². The minimum Gasteiger partial charge on any atom is -0.241 e. The molecule has 0 unspecified atom stereocenters. The van der Waals surface area contributed by atoms with Crippen LogP contribution in [0.4, 0.5) is 11.9 Å². The summed E-state index contributed by atoms with van der Waals surface area (Å²) >= 11 is 0. The van der Waals surface area contributed by atoms with Crippen LogP contribution in [-0.2, 0) is 0 Å². The monoisotopic (exact) mass is 523 g/mol. The van der Waals surface area contributed by atoms with E-state index in [0.29, 0.717) is 11.9 Å². The normalized spacial score (nSPS) is 12.7. The van der Waals surface area contributed by atoms with Crippen LogP contribution in [0.3, 0.4) is 0 Å². The first-order chi connectivity index (χ1) is 20.3. The third-order valence-corrected chi connectivity index (χ3v) is 8.23. The van der Waals surface area contributed by atoms with E-state index in [-0.39, 0.29) is 0 Å². The molecule has 0 spiro atoms. The lowest BCUT2D eigenvalue weighted by Gasteiger charge is -2.12. The molecule has 0 aliphatic carbocycles. The molecular formula is C36H21N5. The molecule has 5 heteroatoms. The van der Waals surface area contributed by atoms with E-state index in [0.717, 1.165) is 11.1 Å². The van der Waals surface area contributed by atoms with Crippen molar-refractivity contribution >= 4 is 89.0 Å². The zero-order chi connectivity index (χ0) is 26.9. The first kappa shape index (κ1) is 22.2. The van der Waals surface area contributed by atoms with E-state index >= 15 is 0 Å². The number of nitrogens with zero attached hydrogens (tertiary/aromatic N) is 4. The Morgan fingerprint density at radius 2 is 0.902 bits per heavy atom. The fourth-order valence-corrected chi connectivity index (χ4v) is 6.36. The van der Waals surface area contributed by atoms with Crippen LogP contribution in [-0.4, -0.2) is 27.6 Å². The number of aromatic amines is 1. The number of rotatable bonds is 4. The van der Waals surface area contributed by atoms with Crippen molar-refractivity contribution in [3.8, 4) is 0 Å². The predicted octanol–water partition coefficient (Wildman–Crippen LogP) is 9.10. The van der Waals surface area contributed by atoms with E-state index in [1.165, 1.54) is 64.6 Å². The molecule has 9 rings (SSSR count). The summed E-state index contributed by atoms with van der Waals surface area (Å²) < 4.78 is 0. The fourth-order valence-electron chi connectivity index (χ4n) is 6.36. The van der Waals surface area contributed by atoms with Gasteiger partial charge in [0.2, 0.25) is 5.95 Å². The highest BCUT2D eigenvalue weighted by Gasteiger charge is 2.11. The van der Waals surface area contributed by atoms with Gasteiger partial charge in [-0.15, -0.1) is 5.10 Å². The van der Waals surface area contributed by atoms with E-state index < -0.39 is 0 Å². The molecule has 1 N–H and O–H groups in total. The van der Waals surface area contributed by atoms with E-state index in [2.05, 4.69) is 134 Å². The number of aliphatic imine (C=N–C) groups is 2. The van der Waals surface area contributed by atoms with Crippen LogP contribution in [0.2, 0.25) is 0 Å². The summed E-state index contributed by atoms with van der Waals surface area (Å²) in [6.45, 7) is 0. The highest BCUT2D eigenvalue weighted by Crippen LogP contribution is 2.37. The molecule has 0 bridgehead atoms. The Morgan fingerprint density at radius 3 is 1.44 bits per heavy atom. The van der Waals surface area contributed by atoms with Gasteiger partial charge in [-0.05, 0) is 64.6 Å². The smallest absolute Gasteiger partial charge is 0.241 e. The summed E-state index contributed by atoms with van der Waals surface area (Å²) in [6.07, 6.45) is 3.68. The predicted molar refractivity (Wildman–Crippen MR) is 171 cm³/mol. The molecule has 0 aliphatic heterocycles. The van der Waals surface area contributed by atoms with Crippen LogP contribution in [0.1, 0.15) is 11.1 Å². The average molecular weight is 524 g/mol. The molecule has 190 valence electrons. The minimum absolute atomic E-state index is 0.346. The quantitative estimate of drug-likeness (QED) is 0.185. The molecule has 8 aromatic carbocycles. The Bertz CT molecular complexity index is 2280. The summed E-state index contributed by atoms with van der Waals surface area (Å²) in [4.78, 5) is 13.7. The van der Waals surface area contributed by atoms with Gasteiger partial charge in [-0.2, -0.15) is 4.98 Å². The van der Waals surface area contributed by atoms with Gasteiger partial charge in [0.1, 0.15) is 0 Å². The van der Waals surface area contributed by atoms with Crippen molar-refractivity contribution in [1.82, 2.24) is 15.2 Å². The molecule has 0 amide bonds. The van der Waals surface area contributed by atoms with E-state index in [4.69, 9.17) is 0 Å². The molecule has 5 nitrogen and oxygen atoms in total. The second-order valence-corrected chi connectivity index (χ2v) is 10.5. The highest BCUT2D eigenvalue weighted by atomic mass is 15.3. The molecule has 41 heavy (non-hydrogen) atoms. The number of hydrogen-bond donors (Lipinski definition) is 1. The van der Waals surface area contributed by atoms with Crippen molar-refractivity contribution < 1.29 is 0 Å². The molecular weight excluding hydrogens is 502 g/mol. The highest BCUT2D eigenvalue weighted by molar-refractivity contribution is 6.26. The Kier molecular flexibility index (Phi) is 4.55. The summed E-state index contributed by atoms with van der Waals surface area (Å²) in [5.74, 6) is 0.761. The molecule has 9 aromatic rings. The molecule has 0 fully saturated rings. The molecule has 0 saturated carbocycles. The van der Waals surface area contributed by atoms with Crippen molar-refractivity contribution in [3.05, 3.63) is 120 Å². The second-order valence-electron chi connectivity index (χ2n) is 10.5. The van der Waals surface area contributed by atoms with E-state index in [1.807, 2.05) is 12.4 Å². The maximum Gasteiger partial charge on any atom is 0.269 e. The zero-order valence-electron chi connectivity index (χ0n) is 21.8. The molecule has 0 aliphatic rings. The Morgan fingerprint density at radius 1 is 0.463 bits per heavy atom. The van der Waals surface area contributed by atoms with Gasteiger partial charge >= 0.3 is 0 Å². The largest absolute Gasteiger partial charge is 0.269 e. The average Bonchev–Trinajstić information content (AvgIpc) is 3.49. The SMILES string of the molecule is C(=N\c1n[nH]c(/N=C/c2ccc3ccc4cccc5ccc2c3c45)n1)/c1ccc2ccc3cccc4ccc1c2c34. The molecule has 1 aromatic heterocycles. The van der Waals surface area contributed by atoms with Gasteiger partial charge in [0.05, 0.1) is 0 Å². The Hall–Kier alpha value is -5.68. The maximum atomic E-state index is 4.61. The molecule has 0 saturated heterocycles. The number of hydrogen-bond acceptors (Lipinski definition) is 4. The Balaban J connectivity index is 1.06. The number of aromatic nitrogens is 3. The van der Waals surface area contributed by atoms with E-state index in [1.54, 1.807) is 0 Å². The minimum atomic E-state index is 0.346. The van der Waals surface area contributed by atoms with Crippen molar-refractivity contribution in [1.29, 1.82) is 0 Å². The first-order valence-corrected chi connectivity index (χ1v) is 13.6. The molecule has 1 heterocycles. The number of benzene rings is 8. The standard InChI is InChI=1S/C36H21N5/c1-3-21-7-9-25-11-13-27(29-17-15-23(5-1)31(21)33(25)29)19-37-35-39-36(41-40-35)38-20-28-14-12-26-10-8-22-4-2-6-24-16-18-30(28)34(26)32(22)24/h1-20H,(H,39,40,41)/b37-19+,38-20+. The van der Waals surface area contributed by atoms with Crippen LogP contribution in [0.15, 0.2) is 119 Å². The molecule has 0 radical (unpaired) electrons. The summed E-state index contributed by atoms with van der Waals surface area (Å²) in [5, 5.41) is 22.1. The lowest BCUT2D eigenvalue weighted by Crippen LogP contribution is -1.89. The van der Waals surface area contributed by atoms with Crippen LogP contribution in [0.5, 0.6) is 0 Å². The third-order valence-electron chi connectivity index (χ3n) is 8.23. The Labute approximate surface area is 234 Å². The lowest BCUT2D eigenvalue weighted by molar-refractivity contribution is 1.08. The summed E-state index contributed by atoms with van der Waals surface area (Å²) in [6, 6.07) is 38.9. The summed E-state index contributed by atoms with van der Waals surface area (Å²) in [7, 11) is 0. The van der Waals surface area contributed by atoms with Crippen LogP contribution in [0.25, 0.3) is 64.6 Å². The van der Waals surface area contributed by atoms with Crippen molar-refractivity contribution in [2.24, 2.45) is 9.98 Å². The molecule has 0 atom stereocenters. The van der Waals surface area contributed by atoms with Crippen LogP contribution in [0, 0.1) is 0 Å². The fraction of sp³-hybridized carbons (Fsp3) is 0. The van der Waals surface area contributed by atoms with Gasteiger partial charge in [0, 0.05) is 23.6 Å². The van der Waals surface area contributed by atoms with E-state index in [9.17, 15) is 0 Å². The maximum absolute atomic E-state index is 4.61. The van der Waals surface area contributed by atoms with Gasteiger partial charge in [0.15, 0.2) is 0 Å². The van der Waals surface area contributed by atoms with Gasteiger partial charge in [0.25, 0.3) is 5.95 Å². The third kappa shape index (κ3) is 3.36. The van der Waals surface area contributed by atoms with Crippen LogP contribution < -0.4 is 0 Å². The zero-order valence-corrected chi connectivity index (χ0v) is 21.8. The van der Waals surface area contributed by atoms with Gasteiger partial charge in [-0.3, -0.25) is 0 Å². The van der Waals surface area contributed by atoms with Crippen LogP contribution >= 0.6 is 0 Å². The number of nitrogens with one attached hydrogen (secondary N) is 1. The first-order valence-electron chi connectivity index (χ1n) is 13.6. The lowest BCUT2D eigenvalue weighted by atomic mass is 9.92. The van der Waals surface area contributed by atoms with Gasteiger partial charge in [-0.25, -0.2) is 15.1 Å². The number of H-pyrrole nitrogens is 1. The van der Waals surface area contributed by atoms with Crippen molar-refractivity contribution in [3.63, 3.8) is 0 Å². The van der Waals surface area contributed by atoms with Gasteiger partial charge in [-0.1, -0.05) is 109 Å². The topological polar surface area (TPSA) is 66.3 Å². The van der Waals surface area contributed by atoms with Crippen molar-refractivity contribution in [2.75, 3.05) is 0 Å². The summed E-state index contributed by atoms with van der Waals surface area (Å²) in [5.41, 5.74) is 2.06. The van der Waals surface area contributed by atoms with Gasteiger partial charge < -0.3 is 0 Å². The second kappa shape index (κ2) is 8.41.